The summed E-state index contributed by atoms with van der Waals surface area (Å²) in [4.78, 5) is 28.5. The first-order chi connectivity index (χ1) is 24.8. The predicted molar refractivity (Wildman–Crippen MR) is 195 cm³/mol. The molecule has 4 aromatic rings. The van der Waals surface area contributed by atoms with E-state index in [0.717, 1.165) is 78.2 Å². The van der Waals surface area contributed by atoms with E-state index in [1.807, 2.05) is 28.9 Å². The van der Waals surface area contributed by atoms with E-state index in [-0.39, 0.29) is 23.1 Å². The number of hydrogen-bond donors (Lipinski definition) is 1. The monoisotopic (exact) mass is 731 g/mol. The molecule has 2 amide bonds. The molecule has 1 N–H and O–H groups in total. The molecule has 274 valence electrons. The Morgan fingerprint density at radius 3 is 2.38 bits per heavy atom. The van der Waals surface area contributed by atoms with Crippen molar-refractivity contribution in [2.24, 2.45) is 0 Å². The fourth-order valence-electron chi connectivity index (χ4n) is 8.21. The van der Waals surface area contributed by atoms with Crippen LogP contribution in [-0.4, -0.2) is 70.9 Å². The Kier molecular flexibility index (Phi) is 8.54. The minimum absolute atomic E-state index is 0.0696. The van der Waals surface area contributed by atoms with Crippen molar-refractivity contribution < 1.29 is 31.5 Å². The smallest absolute Gasteiger partial charge is 0.282 e. The molecule has 2 aliphatic heterocycles. The van der Waals surface area contributed by atoms with Crippen molar-refractivity contribution in [3.63, 3.8) is 0 Å². The Labute approximate surface area is 301 Å². The van der Waals surface area contributed by atoms with Crippen LogP contribution in [0.4, 0.5) is 8.78 Å². The number of ether oxygens (including phenoxy) is 1. The highest BCUT2D eigenvalue weighted by Crippen LogP contribution is 2.48. The summed E-state index contributed by atoms with van der Waals surface area (Å²) in [5, 5.41) is 4.91. The van der Waals surface area contributed by atoms with Gasteiger partial charge in [-0.05, 0) is 105 Å². The number of nitrogens with one attached hydrogen (secondary N) is 1. The number of allylic oxidation sites excluding steroid dienone is 1. The highest BCUT2D eigenvalue weighted by atomic mass is 32.2. The third kappa shape index (κ3) is 5.90. The van der Waals surface area contributed by atoms with E-state index in [4.69, 9.17) is 9.84 Å². The van der Waals surface area contributed by atoms with Gasteiger partial charge in [-0.1, -0.05) is 25.3 Å². The topological polar surface area (TPSA) is 116 Å². The van der Waals surface area contributed by atoms with E-state index in [2.05, 4.69) is 15.4 Å². The van der Waals surface area contributed by atoms with Crippen molar-refractivity contribution in [2.75, 3.05) is 20.2 Å². The summed E-state index contributed by atoms with van der Waals surface area (Å²) in [7, 11) is -2.26. The van der Waals surface area contributed by atoms with E-state index in [1.54, 1.807) is 19.2 Å². The molecule has 0 radical (unpaired) electrons. The zero-order valence-corrected chi connectivity index (χ0v) is 30.4. The van der Waals surface area contributed by atoms with Crippen LogP contribution in [0.15, 0.2) is 42.6 Å². The van der Waals surface area contributed by atoms with Crippen LogP contribution >= 0.6 is 0 Å². The SMILES string of the molecule is COc1ccc2c(c1)C=C(c1c(C(=O)N3CC(F)(F)C3)cnn1C1CCC1)Cn1c-2c(C2CCCCC2)c2ccc(C(=O)NS(=O)(=O)C(C)C)cc21. The molecule has 10 nitrogen and oxygen atoms in total. The number of hydrogen-bond acceptors (Lipinski definition) is 6. The van der Waals surface area contributed by atoms with Gasteiger partial charge in [-0.25, -0.2) is 21.9 Å². The lowest BCUT2D eigenvalue weighted by Crippen LogP contribution is -2.58. The number of sulfonamides is 1. The van der Waals surface area contributed by atoms with Crippen LogP contribution in [0.2, 0.25) is 0 Å². The molecule has 1 saturated heterocycles. The molecular formula is C39H43F2N5O5S. The molecular weight excluding hydrogens is 689 g/mol. The van der Waals surface area contributed by atoms with E-state index in [1.165, 1.54) is 36.9 Å². The van der Waals surface area contributed by atoms with Crippen LogP contribution in [0.5, 0.6) is 5.75 Å². The molecule has 2 saturated carbocycles. The fraction of sp³-hybridized carbons (Fsp3) is 0.462. The predicted octanol–water partition coefficient (Wildman–Crippen LogP) is 7.40. The van der Waals surface area contributed by atoms with Crippen LogP contribution in [0.25, 0.3) is 33.8 Å². The molecule has 0 bridgehead atoms. The molecule has 0 unspecified atom stereocenters. The highest BCUT2D eigenvalue weighted by Gasteiger charge is 2.47. The number of likely N-dealkylation sites (tertiary alicyclic amines) is 1. The summed E-state index contributed by atoms with van der Waals surface area (Å²) in [5.74, 6) is -3.18. The standard InChI is InChI=1S/C39H43F2N5O5S/c1-23(2)52(49,50)43-37(47)25-12-14-31-33(18-25)45-20-27(35-32(19-42-46(35)28-10-7-11-28)38(48)44-21-39(40,41)22-44)16-26-17-29(51-3)13-15-30(26)36(45)34(31)24-8-5-4-6-9-24/h12-19,23-24,28H,4-11,20-22H2,1-3H3,(H,43,47). The summed E-state index contributed by atoms with van der Waals surface area (Å²) in [6, 6.07) is 11.4. The van der Waals surface area contributed by atoms with Crippen LogP contribution in [-0.2, 0) is 16.6 Å². The van der Waals surface area contributed by atoms with Gasteiger partial charge in [-0.15, -0.1) is 0 Å². The van der Waals surface area contributed by atoms with Gasteiger partial charge in [0.2, 0.25) is 10.0 Å². The maximum absolute atomic E-state index is 14.0. The first-order valence-corrected chi connectivity index (χ1v) is 19.8. The molecule has 2 aromatic heterocycles. The lowest BCUT2D eigenvalue weighted by atomic mass is 9.81. The number of halogens is 2. The molecule has 52 heavy (non-hydrogen) atoms. The quantitative estimate of drug-likeness (QED) is 0.202. The Morgan fingerprint density at radius 2 is 1.73 bits per heavy atom. The van der Waals surface area contributed by atoms with Gasteiger partial charge in [0, 0.05) is 22.0 Å². The zero-order chi connectivity index (χ0) is 36.5. The van der Waals surface area contributed by atoms with Crippen molar-refractivity contribution in [1.29, 1.82) is 0 Å². The zero-order valence-electron chi connectivity index (χ0n) is 29.6. The van der Waals surface area contributed by atoms with Gasteiger partial charge >= 0.3 is 0 Å². The van der Waals surface area contributed by atoms with Crippen molar-refractivity contribution in [3.05, 3.63) is 70.5 Å². The number of nitrogens with zero attached hydrogens (tertiary/aromatic N) is 4. The lowest BCUT2D eigenvalue weighted by molar-refractivity contribution is -0.113. The Bertz CT molecular complexity index is 2240. The van der Waals surface area contributed by atoms with E-state index in [9.17, 15) is 26.8 Å². The lowest BCUT2D eigenvalue weighted by Gasteiger charge is -2.38. The molecule has 4 heterocycles. The average Bonchev–Trinajstić information content (AvgIpc) is 3.59. The second kappa shape index (κ2) is 12.9. The molecule has 4 aliphatic rings. The number of aromatic nitrogens is 3. The van der Waals surface area contributed by atoms with Crippen LogP contribution in [0.1, 0.15) is 115 Å². The molecule has 0 spiro atoms. The molecule has 2 aromatic carbocycles. The Morgan fingerprint density at radius 1 is 0.981 bits per heavy atom. The van der Waals surface area contributed by atoms with E-state index >= 15 is 0 Å². The minimum Gasteiger partial charge on any atom is -0.497 e. The van der Waals surface area contributed by atoms with E-state index < -0.39 is 46.1 Å². The largest absolute Gasteiger partial charge is 0.497 e. The highest BCUT2D eigenvalue weighted by molar-refractivity contribution is 7.90. The number of methoxy groups -OCH3 is 1. The van der Waals surface area contributed by atoms with Crippen LogP contribution in [0.3, 0.4) is 0 Å². The summed E-state index contributed by atoms with van der Waals surface area (Å²) in [6.07, 6.45) is 11.8. The summed E-state index contributed by atoms with van der Waals surface area (Å²) in [5.41, 5.74) is 6.67. The normalized spacial score (nSPS) is 19.0. The van der Waals surface area contributed by atoms with Gasteiger partial charge in [0.25, 0.3) is 17.7 Å². The van der Waals surface area contributed by atoms with Crippen molar-refractivity contribution in [3.8, 4) is 17.0 Å². The number of benzene rings is 2. The Balaban J connectivity index is 1.35. The fourth-order valence-corrected chi connectivity index (χ4v) is 8.82. The summed E-state index contributed by atoms with van der Waals surface area (Å²) in [6.45, 7) is 2.06. The minimum atomic E-state index is -3.87. The maximum Gasteiger partial charge on any atom is 0.282 e. The van der Waals surface area contributed by atoms with E-state index in [0.29, 0.717) is 18.0 Å². The van der Waals surface area contributed by atoms with Crippen molar-refractivity contribution in [1.82, 2.24) is 24.0 Å². The van der Waals surface area contributed by atoms with Crippen molar-refractivity contribution >= 4 is 44.4 Å². The second-order valence-corrected chi connectivity index (χ2v) is 17.3. The molecule has 3 fully saturated rings. The van der Waals surface area contributed by atoms with Gasteiger partial charge in [-0.3, -0.25) is 14.3 Å². The third-order valence-corrected chi connectivity index (χ3v) is 13.0. The second-order valence-electron chi connectivity index (χ2n) is 15.0. The number of rotatable bonds is 8. The molecule has 2 aliphatic carbocycles. The van der Waals surface area contributed by atoms with Gasteiger partial charge in [0.15, 0.2) is 0 Å². The van der Waals surface area contributed by atoms with Gasteiger partial charge in [-0.2, -0.15) is 5.10 Å². The van der Waals surface area contributed by atoms with Crippen LogP contribution < -0.4 is 9.46 Å². The average molecular weight is 732 g/mol. The summed E-state index contributed by atoms with van der Waals surface area (Å²) >= 11 is 0. The van der Waals surface area contributed by atoms with Gasteiger partial charge < -0.3 is 14.2 Å². The summed E-state index contributed by atoms with van der Waals surface area (Å²) < 4.78 is 65.4. The number of alkyl halides is 2. The number of amides is 2. The van der Waals surface area contributed by atoms with Gasteiger partial charge in [0.1, 0.15) is 5.75 Å². The first kappa shape index (κ1) is 34.6. The van der Waals surface area contributed by atoms with Crippen molar-refractivity contribution in [2.45, 2.75) is 94.9 Å². The number of carbonyl (C=O) groups is 2. The van der Waals surface area contributed by atoms with Crippen LogP contribution in [0, 0.1) is 0 Å². The third-order valence-electron chi connectivity index (χ3n) is 11.3. The van der Waals surface area contributed by atoms with Gasteiger partial charge in [0.05, 0.1) is 61.2 Å². The maximum atomic E-state index is 14.0. The Hall–Kier alpha value is -4.52. The molecule has 13 heteroatoms. The number of carbonyl (C=O) groups excluding carboxylic acids is 2. The first-order valence-electron chi connectivity index (χ1n) is 18.2. The molecule has 0 atom stereocenters. The molecule has 8 rings (SSSR count). The number of fused-ring (bicyclic) bond motifs is 5.